The van der Waals surface area contributed by atoms with Crippen LogP contribution in [0.3, 0.4) is 0 Å². The molecule has 0 aliphatic carbocycles. The van der Waals surface area contributed by atoms with Crippen molar-refractivity contribution < 1.29 is 14.4 Å². The van der Waals surface area contributed by atoms with Crippen LogP contribution in [-0.2, 0) is 9.47 Å². The Morgan fingerprint density at radius 1 is 1.48 bits per heavy atom. The summed E-state index contributed by atoms with van der Waals surface area (Å²) >= 11 is 0. The number of aromatic nitrogens is 2. The number of nitrogens with zero attached hydrogens (tertiary/aromatic N) is 3. The molecule has 1 atom stereocenters. The van der Waals surface area contributed by atoms with Gasteiger partial charge in [0.25, 0.3) is 0 Å². The smallest absolute Gasteiger partial charge is 0.353 e. The lowest BCUT2D eigenvalue weighted by Gasteiger charge is -2.26. The molecule has 0 amide bonds. The minimum atomic E-state index is -0.495. The second-order valence-electron chi connectivity index (χ2n) is 4.75. The van der Waals surface area contributed by atoms with E-state index in [0.29, 0.717) is 26.3 Å². The Hall–Kier alpha value is -2.00. The third-order valence-electron chi connectivity index (χ3n) is 3.43. The molecule has 9 heteroatoms. The van der Waals surface area contributed by atoms with Gasteiger partial charge in [0.2, 0.25) is 11.6 Å². The fourth-order valence-corrected chi connectivity index (χ4v) is 2.18. The van der Waals surface area contributed by atoms with Gasteiger partial charge in [-0.2, -0.15) is 0 Å². The number of methoxy groups -OCH3 is 1. The van der Waals surface area contributed by atoms with Crippen molar-refractivity contribution in [2.24, 2.45) is 0 Å². The molecule has 21 heavy (non-hydrogen) atoms. The summed E-state index contributed by atoms with van der Waals surface area (Å²) in [5.41, 5.74) is -0.638. The molecule has 0 saturated carbocycles. The summed E-state index contributed by atoms with van der Waals surface area (Å²) in [5, 5.41) is 17.1. The standard InChI is InChI=1S/C12H19N5O4/c1-3-13-10-9(17(18)19)11(16-8-15-10)14-6-12(20-2)4-5-21-7-12/h8H,3-7H2,1-2H3,(H2,13,14,15,16). The number of nitrogens with one attached hydrogen (secondary N) is 2. The van der Waals surface area contributed by atoms with Crippen LogP contribution >= 0.6 is 0 Å². The van der Waals surface area contributed by atoms with Crippen molar-refractivity contribution in [3.63, 3.8) is 0 Å². The molecule has 1 aromatic rings. The highest BCUT2D eigenvalue weighted by Gasteiger charge is 2.35. The highest BCUT2D eigenvalue weighted by molar-refractivity contribution is 5.69. The Balaban J connectivity index is 2.19. The van der Waals surface area contributed by atoms with E-state index in [2.05, 4.69) is 20.6 Å². The predicted molar refractivity (Wildman–Crippen MR) is 76.5 cm³/mol. The van der Waals surface area contributed by atoms with Crippen molar-refractivity contribution in [3.8, 4) is 0 Å². The van der Waals surface area contributed by atoms with Gasteiger partial charge in [0.1, 0.15) is 11.9 Å². The van der Waals surface area contributed by atoms with E-state index in [9.17, 15) is 10.1 Å². The molecule has 1 aliphatic heterocycles. The van der Waals surface area contributed by atoms with E-state index in [4.69, 9.17) is 9.47 Å². The highest BCUT2D eigenvalue weighted by Crippen LogP contribution is 2.30. The quantitative estimate of drug-likeness (QED) is 0.567. The molecule has 0 radical (unpaired) electrons. The maximum absolute atomic E-state index is 11.3. The van der Waals surface area contributed by atoms with Crippen LogP contribution in [-0.4, -0.2) is 53.9 Å². The van der Waals surface area contributed by atoms with Crippen LogP contribution in [0, 0.1) is 10.1 Å². The summed E-state index contributed by atoms with van der Waals surface area (Å²) in [6.07, 6.45) is 2.02. The fourth-order valence-electron chi connectivity index (χ4n) is 2.18. The van der Waals surface area contributed by atoms with Gasteiger partial charge in [-0.25, -0.2) is 9.97 Å². The SMILES string of the molecule is CCNc1ncnc(NCC2(OC)CCOC2)c1[N+](=O)[O-]. The lowest BCUT2D eigenvalue weighted by Crippen LogP contribution is -2.39. The van der Waals surface area contributed by atoms with Crippen LogP contribution in [0.4, 0.5) is 17.3 Å². The van der Waals surface area contributed by atoms with E-state index in [0.717, 1.165) is 6.42 Å². The predicted octanol–water partition coefficient (Wildman–Crippen LogP) is 1.03. The maximum atomic E-state index is 11.3. The van der Waals surface area contributed by atoms with Gasteiger partial charge in [0.15, 0.2) is 0 Å². The number of ether oxygens (including phenoxy) is 2. The molecule has 2 N–H and O–H groups in total. The van der Waals surface area contributed by atoms with E-state index in [1.807, 2.05) is 6.92 Å². The maximum Gasteiger partial charge on any atom is 0.353 e. The summed E-state index contributed by atoms with van der Waals surface area (Å²) < 4.78 is 10.8. The van der Waals surface area contributed by atoms with Gasteiger partial charge in [-0.05, 0) is 6.92 Å². The third-order valence-corrected chi connectivity index (χ3v) is 3.43. The first kappa shape index (κ1) is 15.4. The van der Waals surface area contributed by atoms with E-state index in [1.54, 1.807) is 7.11 Å². The van der Waals surface area contributed by atoms with Crippen LogP contribution in [0.15, 0.2) is 6.33 Å². The monoisotopic (exact) mass is 297 g/mol. The Labute approximate surface area is 122 Å². The van der Waals surface area contributed by atoms with Crippen molar-refractivity contribution in [1.29, 1.82) is 0 Å². The second kappa shape index (κ2) is 6.64. The minimum Gasteiger partial charge on any atom is -0.378 e. The Morgan fingerprint density at radius 3 is 2.71 bits per heavy atom. The second-order valence-corrected chi connectivity index (χ2v) is 4.75. The van der Waals surface area contributed by atoms with Gasteiger partial charge >= 0.3 is 5.69 Å². The molecule has 1 aliphatic rings. The lowest BCUT2D eigenvalue weighted by atomic mass is 10.0. The van der Waals surface area contributed by atoms with E-state index < -0.39 is 10.5 Å². The van der Waals surface area contributed by atoms with Crippen molar-refractivity contribution in [2.45, 2.75) is 18.9 Å². The van der Waals surface area contributed by atoms with Crippen molar-refractivity contribution in [2.75, 3.05) is 44.0 Å². The Kier molecular flexibility index (Phi) is 4.86. The topological polar surface area (TPSA) is 111 Å². The van der Waals surface area contributed by atoms with Crippen LogP contribution < -0.4 is 10.6 Å². The number of anilines is 2. The molecular formula is C12H19N5O4. The summed E-state index contributed by atoms with van der Waals surface area (Å²) in [4.78, 5) is 18.6. The molecule has 116 valence electrons. The number of hydrogen-bond acceptors (Lipinski definition) is 8. The average molecular weight is 297 g/mol. The van der Waals surface area contributed by atoms with Crippen molar-refractivity contribution in [3.05, 3.63) is 16.4 Å². The Bertz CT molecular complexity index is 504. The summed E-state index contributed by atoms with van der Waals surface area (Å²) in [7, 11) is 1.61. The van der Waals surface area contributed by atoms with Gasteiger partial charge in [-0.3, -0.25) is 10.1 Å². The van der Waals surface area contributed by atoms with E-state index in [-0.39, 0.29) is 17.3 Å². The van der Waals surface area contributed by atoms with Gasteiger partial charge in [0, 0.05) is 33.2 Å². The molecule has 2 rings (SSSR count). The van der Waals surface area contributed by atoms with E-state index >= 15 is 0 Å². The van der Waals surface area contributed by atoms with Gasteiger partial charge in [0.05, 0.1) is 11.5 Å². The third kappa shape index (κ3) is 3.37. The number of nitro groups is 1. The van der Waals surface area contributed by atoms with Crippen molar-refractivity contribution >= 4 is 17.3 Å². The molecule has 1 aromatic heterocycles. The zero-order valence-electron chi connectivity index (χ0n) is 12.1. The first-order valence-electron chi connectivity index (χ1n) is 6.72. The molecule has 0 spiro atoms. The fraction of sp³-hybridized carbons (Fsp3) is 0.667. The zero-order chi connectivity index (χ0) is 15.3. The first-order valence-corrected chi connectivity index (χ1v) is 6.72. The minimum absolute atomic E-state index is 0.162. The van der Waals surface area contributed by atoms with Crippen LogP contribution in [0.5, 0.6) is 0 Å². The lowest BCUT2D eigenvalue weighted by molar-refractivity contribution is -0.383. The van der Waals surface area contributed by atoms with Gasteiger partial charge in [-0.15, -0.1) is 0 Å². The molecule has 0 bridgehead atoms. The molecule has 1 unspecified atom stereocenters. The number of rotatable bonds is 7. The highest BCUT2D eigenvalue weighted by atomic mass is 16.6. The molecule has 2 heterocycles. The van der Waals surface area contributed by atoms with Gasteiger partial charge in [-0.1, -0.05) is 0 Å². The zero-order valence-corrected chi connectivity index (χ0v) is 12.1. The summed E-state index contributed by atoms with van der Waals surface area (Å²) in [6.45, 7) is 3.83. The van der Waals surface area contributed by atoms with Crippen LogP contribution in [0.25, 0.3) is 0 Å². The molecule has 1 saturated heterocycles. The Morgan fingerprint density at radius 2 is 2.19 bits per heavy atom. The molecular weight excluding hydrogens is 278 g/mol. The average Bonchev–Trinajstić information content (AvgIpc) is 2.95. The molecule has 1 fully saturated rings. The normalized spacial score (nSPS) is 21.2. The van der Waals surface area contributed by atoms with Gasteiger partial charge < -0.3 is 20.1 Å². The largest absolute Gasteiger partial charge is 0.378 e. The van der Waals surface area contributed by atoms with Crippen molar-refractivity contribution in [1.82, 2.24) is 9.97 Å². The van der Waals surface area contributed by atoms with Crippen LogP contribution in [0.1, 0.15) is 13.3 Å². The summed E-state index contributed by atoms with van der Waals surface area (Å²) in [5.74, 6) is 0.378. The molecule has 9 nitrogen and oxygen atoms in total. The van der Waals surface area contributed by atoms with Crippen LogP contribution in [0.2, 0.25) is 0 Å². The first-order chi connectivity index (χ1) is 10.1. The number of hydrogen-bond donors (Lipinski definition) is 2. The van der Waals surface area contributed by atoms with E-state index in [1.165, 1.54) is 6.33 Å². The summed E-state index contributed by atoms with van der Waals surface area (Å²) in [6, 6.07) is 0. The molecule has 0 aromatic carbocycles.